The normalized spacial score (nSPS) is 14.2. The van der Waals surface area contributed by atoms with Gasteiger partial charge in [0, 0.05) is 38.6 Å². The molecule has 1 saturated heterocycles. The van der Waals surface area contributed by atoms with Crippen LogP contribution in [-0.2, 0) is 11.8 Å². The van der Waals surface area contributed by atoms with E-state index in [1.807, 2.05) is 29.2 Å². The molecule has 8 heteroatoms. The molecule has 8 nitrogen and oxygen atoms in total. The van der Waals surface area contributed by atoms with Crippen LogP contribution in [0.25, 0.3) is 10.9 Å². The van der Waals surface area contributed by atoms with Crippen LogP contribution >= 0.6 is 0 Å². The maximum atomic E-state index is 13.1. The smallest absolute Gasteiger partial charge is 0.345 e. The Kier molecular flexibility index (Phi) is 5.31. The zero-order valence-corrected chi connectivity index (χ0v) is 17.0. The highest BCUT2D eigenvalue weighted by atomic mass is 16.5. The van der Waals surface area contributed by atoms with Crippen LogP contribution in [0.5, 0.6) is 0 Å². The quantitative estimate of drug-likeness (QED) is 0.615. The number of aromatic nitrogens is 1. The van der Waals surface area contributed by atoms with E-state index < -0.39 is 5.97 Å². The molecule has 1 aliphatic heterocycles. The molecule has 0 unspecified atom stereocenters. The number of carbonyl (C=O) groups excluding carboxylic acids is 2. The Labute approximate surface area is 173 Å². The average molecular weight is 409 g/mol. The van der Waals surface area contributed by atoms with E-state index >= 15 is 0 Å². The number of anilines is 1. The van der Waals surface area contributed by atoms with Crippen molar-refractivity contribution in [2.24, 2.45) is 7.05 Å². The lowest BCUT2D eigenvalue weighted by Gasteiger charge is -2.37. The van der Waals surface area contributed by atoms with Crippen molar-refractivity contribution in [3.63, 3.8) is 0 Å². The number of piperazine rings is 1. The summed E-state index contributed by atoms with van der Waals surface area (Å²) in [5, 5.41) is 0.803. The molecule has 1 aliphatic rings. The van der Waals surface area contributed by atoms with Crippen molar-refractivity contribution in [2.45, 2.75) is 6.92 Å². The molecule has 3 heterocycles. The van der Waals surface area contributed by atoms with Gasteiger partial charge in [-0.2, -0.15) is 0 Å². The van der Waals surface area contributed by atoms with Gasteiger partial charge in [-0.15, -0.1) is 0 Å². The molecule has 30 heavy (non-hydrogen) atoms. The van der Waals surface area contributed by atoms with E-state index in [4.69, 9.17) is 9.15 Å². The summed E-state index contributed by atoms with van der Waals surface area (Å²) in [5.74, 6) is -0.724. The molecule has 0 atom stereocenters. The van der Waals surface area contributed by atoms with Crippen molar-refractivity contribution >= 4 is 28.5 Å². The van der Waals surface area contributed by atoms with E-state index in [-0.39, 0.29) is 23.6 Å². The zero-order valence-electron chi connectivity index (χ0n) is 17.0. The first-order valence-electron chi connectivity index (χ1n) is 9.88. The summed E-state index contributed by atoms with van der Waals surface area (Å²) in [6.45, 7) is 3.82. The monoisotopic (exact) mass is 409 g/mol. The van der Waals surface area contributed by atoms with E-state index in [2.05, 4.69) is 0 Å². The first kappa shape index (κ1) is 19.8. The number of nitrogens with zero attached hydrogens (tertiary/aromatic N) is 3. The van der Waals surface area contributed by atoms with Gasteiger partial charge in [0.1, 0.15) is 11.8 Å². The summed E-state index contributed by atoms with van der Waals surface area (Å²) >= 11 is 0. The SMILES string of the molecule is CCOC(=O)c1c(N2CCN(C(=O)c3ccoc3)CC2)c2ccccc2n(C)c1=O. The molecule has 156 valence electrons. The van der Waals surface area contributed by atoms with Crippen LogP contribution in [0.15, 0.2) is 52.1 Å². The van der Waals surface area contributed by atoms with Gasteiger partial charge >= 0.3 is 5.97 Å². The third-order valence-electron chi connectivity index (χ3n) is 5.41. The van der Waals surface area contributed by atoms with Crippen molar-refractivity contribution in [3.05, 3.63) is 64.3 Å². The number of ether oxygens (including phenoxy) is 1. The number of hydrogen-bond donors (Lipinski definition) is 0. The fourth-order valence-corrected chi connectivity index (χ4v) is 3.90. The molecule has 0 aliphatic carbocycles. The largest absolute Gasteiger partial charge is 0.472 e. The van der Waals surface area contributed by atoms with Crippen LogP contribution in [0, 0.1) is 0 Å². The van der Waals surface area contributed by atoms with Gasteiger partial charge in [0.05, 0.1) is 29.6 Å². The number of benzene rings is 1. The van der Waals surface area contributed by atoms with Crippen LogP contribution in [0.3, 0.4) is 0 Å². The molecular weight excluding hydrogens is 386 g/mol. The van der Waals surface area contributed by atoms with E-state index in [9.17, 15) is 14.4 Å². The molecule has 4 rings (SSSR count). The van der Waals surface area contributed by atoms with E-state index in [1.165, 1.54) is 17.1 Å². The number of amides is 1. The Balaban J connectivity index is 1.72. The molecule has 3 aromatic rings. The molecule has 0 saturated carbocycles. The third-order valence-corrected chi connectivity index (χ3v) is 5.41. The standard InChI is InChI=1S/C22H23N3O5/c1-3-30-22(28)18-19(16-6-4-5-7-17(16)23(2)21(18)27)24-9-11-25(12-10-24)20(26)15-8-13-29-14-15/h4-8,13-14H,3,9-12H2,1-2H3. The van der Waals surface area contributed by atoms with Crippen LogP contribution in [-0.4, -0.2) is 54.1 Å². The lowest BCUT2D eigenvalue weighted by Crippen LogP contribution is -2.49. The van der Waals surface area contributed by atoms with Crippen LogP contribution < -0.4 is 10.5 Å². The average Bonchev–Trinajstić information content (AvgIpc) is 3.31. The third kappa shape index (κ3) is 3.34. The first-order valence-corrected chi connectivity index (χ1v) is 9.88. The summed E-state index contributed by atoms with van der Waals surface area (Å²) in [6.07, 6.45) is 2.91. The van der Waals surface area contributed by atoms with Crippen LogP contribution in [0.2, 0.25) is 0 Å². The Morgan fingerprint density at radius 3 is 2.50 bits per heavy atom. The van der Waals surface area contributed by atoms with Gasteiger partial charge in [0.15, 0.2) is 0 Å². The van der Waals surface area contributed by atoms with E-state index in [0.29, 0.717) is 37.4 Å². The summed E-state index contributed by atoms with van der Waals surface area (Å²) in [4.78, 5) is 42.1. The summed E-state index contributed by atoms with van der Waals surface area (Å²) in [5.41, 5.74) is 1.46. The van der Waals surface area contributed by atoms with Gasteiger partial charge in [-0.1, -0.05) is 18.2 Å². The van der Waals surface area contributed by atoms with Crippen molar-refractivity contribution in [1.29, 1.82) is 0 Å². The van der Waals surface area contributed by atoms with Crippen molar-refractivity contribution in [3.8, 4) is 0 Å². The molecule has 2 aromatic heterocycles. The van der Waals surface area contributed by atoms with Crippen molar-refractivity contribution in [2.75, 3.05) is 37.7 Å². The van der Waals surface area contributed by atoms with Crippen molar-refractivity contribution < 1.29 is 18.7 Å². The molecule has 0 radical (unpaired) electrons. The maximum Gasteiger partial charge on any atom is 0.345 e. The number of esters is 1. The highest BCUT2D eigenvalue weighted by molar-refractivity contribution is 6.05. The number of fused-ring (bicyclic) bond motifs is 1. The van der Waals surface area contributed by atoms with E-state index in [1.54, 1.807) is 24.9 Å². The number of para-hydroxylation sites is 1. The number of furan rings is 1. The molecule has 1 fully saturated rings. The van der Waals surface area contributed by atoms with E-state index in [0.717, 1.165) is 10.9 Å². The number of pyridine rings is 1. The minimum Gasteiger partial charge on any atom is -0.472 e. The second-order valence-electron chi connectivity index (χ2n) is 7.12. The second-order valence-corrected chi connectivity index (χ2v) is 7.12. The Morgan fingerprint density at radius 1 is 1.10 bits per heavy atom. The zero-order chi connectivity index (χ0) is 21.3. The maximum absolute atomic E-state index is 13.1. The van der Waals surface area contributed by atoms with Gasteiger partial charge < -0.3 is 23.5 Å². The lowest BCUT2D eigenvalue weighted by atomic mass is 10.1. The van der Waals surface area contributed by atoms with Gasteiger partial charge in [0.25, 0.3) is 11.5 Å². The lowest BCUT2D eigenvalue weighted by molar-refractivity contribution is 0.0523. The topological polar surface area (TPSA) is 85.0 Å². The van der Waals surface area contributed by atoms with Gasteiger partial charge in [-0.3, -0.25) is 9.59 Å². The van der Waals surface area contributed by atoms with Gasteiger partial charge in [-0.25, -0.2) is 4.79 Å². The highest BCUT2D eigenvalue weighted by Crippen LogP contribution is 2.30. The second kappa shape index (κ2) is 8.06. The fourth-order valence-electron chi connectivity index (χ4n) is 3.90. The molecule has 1 amide bonds. The van der Waals surface area contributed by atoms with Crippen LogP contribution in [0.1, 0.15) is 27.6 Å². The molecule has 0 spiro atoms. The minimum atomic E-state index is -0.629. The summed E-state index contributed by atoms with van der Waals surface area (Å²) in [7, 11) is 1.65. The molecular formula is C22H23N3O5. The van der Waals surface area contributed by atoms with Gasteiger partial charge in [-0.05, 0) is 19.1 Å². The molecule has 0 N–H and O–H groups in total. The molecule has 0 bridgehead atoms. The Morgan fingerprint density at radius 2 is 1.83 bits per heavy atom. The molecule has 1 aromatic carbocycles. The fraction of sp³-hybridized carbons (Fsp3) is 0.318. The van der Waals surface area contributed by atoms with Crippen LogP contribution in [0.4, 0.5) is 5.69 Å². The number of hydrogen-bond acceptors (Lipinski definition) is 6. The summed E-state index contributed by atoms with van der Waals surface area (Å²) in [6, 6.07) is 9.13. The Hall–Kier alpha value is -3.55. The first-order chi connectivity index (χ1) is 14.5. The minimum absolute atomic E-state index is 0.0349. The van der Waals surface area contributed by atoms with Crippen molar-refractivity contribution in [1.82, 2.24) is 9.47 Å². The predicted molar refractivity (Wildman–Crippen MR) is 112 cm³/mol. The summed E-state index contributed by atoms with van der Waals surface area (Å²) < 4.78 is 11.7. The Bertz CT molecular complexity index is 1140. The number of carbonyl (C=O) groups is 2. The predicted octanol–water partition coefficient (Wildman–Crippen LogP) is 2.27. The van der Waals surface area contributed by atoms with Gasteiger partial charge in [0.2, 0.25) is 0 Å². The number of aryl methyl sites for hydroxylation is 1. The highest BCUT2D eigenvalue weighted by Gasteiger charge is 2.29. The number of rotatable bonds is 4.